The summed E-state index contributed by atoms with van der Waals surface area (Å²) in [5.74, 6) is -0.515. The van der Waals surface area contributed by atoms with E-state index in [0.29, 0.717) is 61.8 Å². The Morgan fingerprint density at radius 1 is 0.973 bits per heavy atom. The number of thiophene rings is 1. The zero-order valence-corrected chi connectivity index (χ0v) is 23.2. The molecule has 1 aromatic heterocycles. The molecule has 0 unspecified atom stereocenters. The van der Waals surface area contributed by atoms with Gasteiger partial charge in [0.15, 0.2) is 0 Å². The van der Waals surface area contributed by atoms with E-state index in [2.05, 4.69) is 5.32 Å². The van der Waals surface area contributed by atoms with E-state index in [9.17, 15) is 22.8 Å². The van der Waals surface area contributed by atoms with Gasteiger partial charge >= 0.3 is 0 Å². The van der Waals surface area contributed by atoms with Crippen molar-refractivity contribution in [1.82, 2.24) is 14.1 Å². The maximum Gasteiger partial charge on any atom is 0.257 e. The maximum absolute atomic E-state index is 13.6. The van der Waals surface area contributed by atoms with Gasteiger partial charge in [-0.3, -0.25) is 14.4 Å². The average molecular weight is 547 g/mol. The van der Waals surface area contributed by atoms with Gasteiger partial charge in [-0.25, -0.2) is 8.42 Å². The second kappa shape index (κ2) is 11.3. The Morgan fingerprint density at radius 2 is 1.62 bits per heavy atom. The number of carbonyl (C=O) groups is 3. The smallest absolute Gasteiger partial charge is 0.257 e. The third kappa shape index (κ3) is 5.58. The van der Waals surface area contributed by atoms with Crippen LogP contribution in [0.1, 0.15) is 71.2 Å². The highest BCUT2D eigenvalue weighted by molar-refractivity contribution is 7.89. The Hall–Kier alpha value is -2.76. The van der Waals surface area contributed by atoms with E-state index in [-0.39, 0.29) is 16.7 Å². The Bertz CT molecular complexity index is 1280. The third-order valence-electron chi connectivity index (χ3n) is 7.05. The number of hydrogen-bond acceptors (Lipinski definition) is 6. The normalized spacial score (nSPS) is 16.0. The van der Waals surface area contributed by atoms with Crippen LogP contribution in [0, 0.1) is 0 Å². The summed E-state index contributed by atoms with van der Waals surface area (Å²) >= 11 is 1.34. The highest BCUT2D eigenvalue weighted by atomic mass is 32.2. The predicted octanol–water partition coefficient (Wildman–Crippen LogP) is 3.56. The molecule has 2 aromatic rings. The van der Waals surface area contributed by atoms with Crippen molar-refractivity contribution >= 4 is 44.1 Å². The third-order valence-corrected chi connectivity index (χ3v) is 10.2. The van der Waals surface area contributed by atoms with Crippen LogP contribution in [0.5, 0.6) is 0 Å². The second-order valence-corrected chi connectivity index (χ2v) is 12.4. The van der Waals surface area contributed by atoms with Crippen LogP contribution in [0.3, 0.4) is 0 Å². The van der Waals surface area contributed by atoms with Crippen LogP contribution >= 0.6 is 11.3 Å². The number of likely N-dealkylation sites (tertiary alicyclic amines) is 1. The van der Waals surface area contributed by atoms with Crippen molar-refractivity contribution in [3.8, 4) is 0 Å². The number of hydrogen-bond donors (Lipinski definition) is 1. The molecule has 1 fully saturated rings. The zero-order chi connectivity index (χ0) is 26.7. The largest absolute Gasteiger partial charge is 0.339 e. The fourth-order valence-electron chi connectivity index (χ4n) is 4.91. The summed E-state index contributed by atoms with van der Waals surface area (Å²) in [6.07, 6.45) is 3.58. The van der Waals surface area contributed by atoms with E-state index >= 15 is 0 Å². The molecular weight excluding hydrogens is 512 g/mol. The van der Waals surface area contributed by atoms with E-state index in [1.54, 1.807) is 18.7 Å². The number of fused-ring (bicyclic) bond motifs is 1. The number of rotatable bonds is 7. The van der Waals surface area contributed by atoms with E-state index in [1.165, 1.54) is 46.8 Å². The molecule has 0 atom stereocenters. The number of anilines is 1. The molecule has 0 bridgehead atoms. The molecule has 3 heterocycles. The van der Waals surface area contributed by atoms with Gasteiger partial charge in [-0.2, -0.15) is 4.31 Å². The van der Waals surface area contributed by atoms with Crippen molar-refractivity contribution < 1.29 is 22.8 Å². The Labute approximate surface area is 222 Å². The molecule has 1 N–H and O–H groups in total. The SMILES string of the molecule is CCN(CC)S(=O)(=O)c1ccc(C(=O)Nc2sc3c(c2C(=O)N2CCCCC2)CCN(C(C)=O)C3)cc1. The van der Waals surface area contributed by atoms with Crippen molar-refractivity contribution in [2.45, 2.75) is 57.9 Å². The molecule has 3 amide bonds. The minimum atomic E-state index is -3.63. The van der Waals surface area contributed by atoms with Gasteiger partial charge in [0.05, 0.1) is 17.0 Å². The average Bonchev–Trinajstić information content (AvgIpc) is 3.26. The van der Waals surface area contributed by atoms with Crippen molar-refractivity contribution in [2.75, 3.05) is 38.0 Å². The molecule has 200 valence electrons. The number of carbonyl (C=O) groups excluding carboxylic acids is 3. The standard InChI is InChI=1S/C26H34N4O5S2/c1-4-30(5-2)37(34,35)20-11-9-19(10-12-20)24(32)27-25-23(26(33)28-14-7-6-8-15-28)21-13-16-29(18(3)31)17-22(21)36-25/h9-12H,4-8,13-17H2,1-3H3,(H,27,32). The lowest BCUT2D eigenvalue weighted by Crippen LogP contribution is -2.38. The topological polar surface area (TPSA) is 107 Å². The van der Waals surface area contributed by atoms with Crippen LogP contribution in [-0.4, -0.2) is 73.0 Å². The fraction of sp³-hybridized carbons (Fsp3) is 0.500. The number of benzene rings is 1. The summed E-state index contributed by atoms with van der Waals surface area (Å²) in [5.41, 5.74) is 1.74. The number of sulfonamides is 1. The van der Waals surface area contributed by atoms with Crippen molar-refractivity contribution in [3.05, 3.63) is 45.8 Å². The summed E-state index contributed by atoms with van der Waals surface area (Å²) < 4.78 is 26.9. The molecule has 0 spiro atoms. The summed E-state index contributed by atoms with van der Waals surface area (Å²) in [5, 5.41) is 3.40. The Morgan fingerprint density at radius 3 is 2.22 bits per heavy atom. The van der Waals surface area contributed by atoms with Crippen molar-refractivity contribution in [2.24, 2.45) is 0 Å². The number of piperidine rings is 1. The molecule has 11 heteroatoms. The number of amides is 3. The van der Waals surface area contributed by atoms with E-state index < -0.39 is 15.9 Å². The molecule has 4 rings (SSSR count). The monoisotopic (exact) mass is 546 g/mol. The zero-order valence-electron chi connectivity index (χ0n) is 21.6. The minimum Gasteiger partial charge on any atom is -0.339 e. The summed E-state index contributed by atoms with van der Waals surface area (Å²) in [7, 11) is -3.63. The minimum absolute atomic E-state index is 0.0201. The first-order valence-electron chi connectivity index (χ1n) is 12.8. The molecule has 2 aliphatic rings. The van der Waals surface area contributed by atoms with Crippen LogP contribution in [0.15, 0.2) is 29.2 Å². The lowest BCUT2D eigenvalue weighted by molar-refractivity contribution is -0.129. The van der Waals surface area contributed by atoms with Gasteiger partial charge in [0, 0.05) is 50.1 Å². The van der Waals surface area contributed by atoms with Crippen LogP contribution < -0.4 is 5.32 Å². The van der Waals surface area contributed by atoms with Crippen LogP contribution in [0.25, 0.3) is 0 Å². The summed E-state index contributed by atoms with van der Waals surface area (Å²) in [6, 6.07) is 5.85. The molecular formula is C26H34N4O5S2. The van der Waals surface area contributed by atoms with Gasteiger partial charge in [0.25, 0.3) is 11.8 Å². The molecule has 9 nitrogen and oxygen atoms in total. The van der Waals surface area contributed by atoms with Crippen LogP contribution in [-0.2, 0) is 27.8 Å². The van der Waals surface area contributed by atoms with Gasteiger partial charge in [-0.15, -0.1) is 11.3 Å². The highest BCUT2D eigenvalue weighted by Crippen LogP contribution is 2.38. The second-order valence-electron chi connectivity index (χ2n) is 9.32. The van der Waals surface area contributed by atoms with Crippen molar-refractivity contribution in [1.29, 1.82) is 0 Å². The number of nitrogens with one attached hydrogen (secondary N) is 1. The molecule has 0 aliphatic carbocycles. The molecule has 1 aromatic carbocycles. The molecule has 2 aliphatic heterocycles. The Kier molecular flexibility index (Phi) is 8.35. The molecule has 0 radical (unpaired) electrons. The molecule has 0 saturated carbocycles. The summed E-state index contributed by atoms with van der Waals surface area (Å²) in [4.78, 5) is 43.4. The first kappa shape index (κ1) is 27.3. The van der Waals surface area contributed by atoms with Crippen LogP contribution in [0.4, 0.5) is 5.00 Å². The van der Waals surface area contributed by atoms with Crippen LogP contribution in [0.2, 0.25) is 0 Å². The first-order chi connectivity index (χ1) is 17.7. The van der Waals surface area contributed by atoms with E-state index in [1.807, 2.05) is 4.90 Å². The van der Waals surface area contributed by atoms with Gasteiger partial charge in [-0.1, -0.05) is 13.8 Å². The van der Waals surface area contributed by atoms with E-state index in [4.69, 9.17) is 0 Å². The highest BCUT2D eigenvalue weighted by Gasteiger charge is 2.32. The summed E-state index contributed by atoms with van der Waals surface area (Å²) in [6.45, 7) is 8.16. The maximum atomic E-state index is 13.6. The first-order valence-corrected chi connectivity index (χ1v) is 15.0. The molecule has 37 heavy (non-hydrogen) atoms. The van der Waals surface area contributed by atoms with Gasteiger partial charge < -0.3 is 15.1 Å². The fourth-order valence-corrected chi connectivity index (χ4v) is 7.62. The van der Waals surface area contributed by atoms with E-state index in [0.717, 1.165) is 29.7 Å². The predicted molar refractivity (Wildman–Crippen MR) is 143 cm³/mol. The lowest BCUT2D eigenvalue weighted by Gasteiger charge is -2.29. The van der Waals surface area contributed by atoms with Gasteiger partial charge in [0.2, 0.25) is 15.9 Å². The number of nitrogens with zero attached hydrogens (tertiary/aromatic N) is 3. The molecule has 1 saturated heterocycles. The Balaban J connectivity index is 1.62. The lowest BCUT2D eigenvalue weighted by atomic mass is 10.0. The van der Waals surface area contributed by atoms with Crippen molar-refractivity contribution in [3.63, 3.8) is 0 Å². The van der Waals surface area contributed by atoms with Gasteiger partial charge in [0.1, 0.15) is 5.00 Å². The van der Waals surface area contributed by atoms with Gasteiger partial charge in [-0.05, 0) is 55.5 Å². The quantitative estimate of drug-likeness (QED) is 0.572.